The van der Waals surface area contributed by atoms with Gasteiger partial charge in [-0.05, 0) is 36.4 Å². The molecule has 0 saturated heterocycles. The molecule has 3 rings (SSSR count). The molecule has 0 aliphatic heterocycles. The normalized spacial score (nSPS) is 13.7. The molecule has 0 radical (unpaired) electrons. The van der Waals surface area contributed by atoms with E-state index in [1.54, 1.807) is 0 Å². The molecule has 0 amide bonds. The van der Waals surface area contributed by atoms with E-state index in [0.717, 1.165) is 36.4 Å². The minimum absolute atomic E-state index is 0. The number of carbonyl (C=O) groups is 2. The second-order valence-corrected chi connectivity index (χ2v) is 7.87. The molecule has 11 heteroatoms. The van der Waals surface area contributed by atoms with Crippen molar-refractivity contribution in [3.05, 3.63) is 58.7 Å². The van der Waals surface area contributed by atoms with Crippen LogP contribution in [0, 0.1) is 0 Å². The molecule has 8 nitrogen and oxygen atoms in total. The first-order chi connectivity index (χ1) is 11.0. The minimum Gasteiger partial charge on any atom is -1.00 e. The first kappa shape index (κ1) is 19.9. The molecule has 126 valence electrons. The maximum absolute atomic E-state index is 12.5. The van der Waals surface area contributed by atoms with Gasteiger partial charge < -0.3 is 1.43 Å². The molecule has 0 atom stereocenters. The van der Waals surface area contributed by atoms with Crippen molar-refractivity contribution in [3.8, 4) is 0 Å². The number of carbonyl (C=O) groups excluding carboxylic acids is 2. The summed E-state index contributed by atoms with van der Waals surface area (Å²) < 4.78 is 62.8. The van der Waals surface area contributed by atoms with Crippen molar-refractivity contribution in [1.29, 1.82) is 0 Å². The van der Waals surface area contributed by atoms with E-state index in [1.807, 2.05) is 0 Å². The van der Waals surface area contributed by atoms with Gasteiger partial charge in [0.2, 0.25) is 0 Å². The molecular formula is C14H9NaO8S2. The van der Waals surface area contributed by atoms with Crippen LogP contribution in [0.25, 0.3) is 0 Å². The second-order valence-electron chi connectivity index (χ2n) is 5.02. The van der Waals surface area contributed by atoms with Gasteiger partial charge in [0.15, 0.2) is 11.6 Å². The van der Waals surface area contributed by atoms with Crippen LogP contribution in [0.3, 0.4) is 0 Å². The molecule has 0 spiro atoms. The SMILES string of the molecule is O=C1c2ccc(S(=O)(=O)O)cc2C(=O)c2ccc(S(=O)(=O)O)cc21.[H-].[Na+]. The van der Waals surface area contributed by atoms with Gasteiger partial charge in [-0.25, -0.2) is 0 Å². The van der Waals surface area contributed by atoms with E-state index in [9.17, 15) is 26.4 Å². The molecule has 25 heavy (non-hydrogen) atoms. The molecule has 0 aromatic heterocycles. The quantitative estimate of drug-likeness (QED) is 0.379. The third kappa shape index (κ3) is 3.47. The first-order valence-corrected chi connectivity index (χ1v) is 9.20. The Labute approximate surface area is 166 Å². The molecule has 2 N–H and O–H groups in total. The van der Waals surface area contributed by atoms with Crippen molar-refractivity contribution in [2.75, 3.05) is 0 Å². The molecule has 0 fully saturated rings. The molecule has 0 bridgehead atoms. The van der Waals surface area contributed by atoms with Gasteiger partial charge in [0.05, 0.1) is 9.79 Å². The van der Waals surface area contributed by atoms with E-state index >= 15 is 0 Å². The first-order valence-electron chi connectivity index (χ1n) is 6.32. The van der Waals surface area contributed by atoms with Crippen molar-refractivity contribution in [2.24, 2.45) is 0 Å². The molecule has 0 unspecified atom stereocenters. The van der Waals surface area contributed by atoms with Gasteiger partial charge in [0, 0.05) is 22.3 Å². The van der Waals surface area contributed by atoms with Gasteiger partial charge in [-0.2, -0.15) is 16.8 Å². The van der Waals surface area contributed by atoms with Crippen LogP contribution in [0.5, 0.6) is 0 Å². The van der Waals surface area contributed by atoms with Crippen LogP contribution in [0.1, 0.15) is 33.3 Å². The summed E-state index contributed by atoms with van der Waals surface area (Å²) >= 11 is 0. The zero-order chi connectivity index (χ0) is 17.9. The van der Waals surface area contributed by atoms with Crippen LogP contribution in [-0.2, 0) is 20.2 Å². The Hall–Kier alpha value is -1.40. The molecule has 0 heterocycles. The van der Waals surface area contributed by atoms with Gasteiger partial charge in [0.1, 0.15) is 0 Å². The van der Waals surface area contributed by atoms with Crippen LogP contribution in [-0.4, -0.2) is 37.5 Å². The fraction of sp³-hybridized carbons (Fsp3) is 0. The summed E-state index contributed by atoms with van der Waals surface area (Å²) in [6.45, 7) is 0. The third-order valence-electron chi connectivity index (χ3n) is 3.56. The molecular weight excluding hydrogens is 383 g/mol. The zero-order valence-electron chi connectivity index (χ0n) is 13.6. The summed E-state index contributed by atoms with van der Waals surface area (Å²) in [6.07, 6.45) is 0. The average molecular weight is 392 g/mol. The summed E-state index contributed by atoms with van der Waals surface area (Å²) in [4.78, 5) is 23.8. The van der Waals surface area contributed by atoms with Crippen molar-refractivity contribution in [2.45, 2.75) is 9.79 Å². The Morgan fingerprint density at radius 2 is 0.960 bits per heavy atom. The van der Waals surface area contributed by atoms with Crippen LogP contribution in [0.4, 0.5) is 0 Å². The Morgan fingerprint density at radius 1 is 0.640 bits per heavy atom. The van der Waals surface area contributed by atoms with E-state index < -0.39 is 41.6 Å². The van der Waals surface area contributed by atoms with Crippen molar-refractivity contribution in [1.82, 2.24) is 0 Å². The van der Waals surface area contributed by atoms with Gasteiger partial charge in [-0.3, -0.25) is 18.7 Å². The second kappa shape index (κ2) is 6.40. The maximum atomic E-state index is 12.5. The predicted molar refractivity (Wildman–Crippen MR) is 80.5 cm³/mol. The number of fused-ring (bicyclic) bond motifs is 2. The summed E-state index contributed by atoms with van der Waals surface area (Å²) in [6, 6.07) is 5.78. The predicted octanol–water partition coefficient (Wildman–Crippen LogP) is -1.93. The summed E-state index contributed by atoms with van der Waals surface area (Å²) in [5.74, 6) is -1.40. The van der Waals surface area contributed by atoms with Crippen LogP contribution >= 0.6 is 0 Å². The summed E-state index contributed by atoms with van der Waals surface area (Å²) in [5.41, 5.74) is -0.704. The van der Waals surface area contributed by atoms with E-state index in [4.69, 9.17) is 9.11 Å². The smallest absolute Gasteiger partial charge is 1.00 e. The summed E-state index contributed by atoms with van der Waals surface area (Å²) in [7, 11) is -9.11. The summed E-state index contributed by atoms with van der Waals surface area (Å²) in [5, 5.41) is 0. The molecule has 0 saturated carbocycles. The van der Waals surface area contributed by atoms with Crippen LogP contribution in [0.15, 0.2) is 46.2 Å². The van der Waals surface area contributed by atoms with Crippen LogP contribution in [0.2, 0.25) is 0 Å². The number of benzene rings is 2. The van der Waals surface area contributed by atoms with Gasteiger partial charge in [-0.15, -0.1) is 0 Å². The number of rotatable bonds is 2. The average Bonchev–Trinajstić information content (AvgIpc) is 2.49. The Kier molecular flexibility index (Phi) is 5.10. The Balaban J connectivity index is 0.00000169. The monoisotopic (exact) mass is 392 g/mol. The van der Waals surface area contributed by atoms with Gasteiger partial charge in [-0.1, -0.05) is 0 Å². The van der Waals surface area contributed by atoms with E-state index in [1.165, 1.54) is 0 Å². The largest absolute Gasteiger partial charge is 1.00 e. The Morgan fingerprint density at radius 3 is 1.24 bits per heavy atom. The van der Waals surface area contributed by atoms with Crippen molar-refractivity contribution < 1.29 is 66.5 Å². The molecule has 1 aliphatic carbocycles. The number of hydrogen-bond donors (Lipinski definition) is 2. The van der Waals surface area contributed by atoms with Crippen molar-refractivity contribution in [3.63, 3.8) is 0 Å². The number of hydrogen-bond acceptors (Lipinski definition) is 6. The zero-order valence-corrected chi connectivity index (χ0v) is 16.3. The molecule has 2 aromatic rings. The topological polar surface area (TPSA) is 143 Å². The molecule has 1 aliphatic rings. The van der Waals surface area contributed by atoms with Crippen molar-refractivity contribution >= 4 is 31.8 Å². The van der Waals surface area contributed by atoms with E-state index in [-0.39, 0.29) is 53.2 Å². The van der Waals surface area contributed by atoms with E-state index in [2.05, 4.69) is 0 Å². The maximum Gasteiger partial charge on any atom is 1.00 e. The third-order valence-corrected chi connectivity index (χ3v) is 5.26. The van der Waals surface area contributed by atoms with Crippen LogP contribution < -0.4 is 29.6 Å². The Bertz CT molecular complexity index is 1050. The van der Waals surface area contributed by atoms with Gasteiger partial charge in [0.25, 0.3) is 20.2 Å². The van der Waals surface area contributed by atoms with E-state index in [0.29, 0.717) is 0 Å². The fourth-order valence-electron chi connectivity index (χ4n) is 2.43. The number of ketones is 2. The standard InChI is InChI=1S/C14H8O8S2.Na.H/c15-13-9-3-1-7(23(17,18)19)5-11(9)14(16)10-4-2-8(6-12(10)13)24(20,21)22;;/h1-6H,(H,17,18,19)(H,20,21,22);;/q;+1;-1. The minimum atomic E-state index is -4.56. The molecule has 2 aromatic carbocycles. The van der Waals surface area contributed by atoms with Gasteiger partial charge >= 0.3 is 29.6 Å². The fourth-order valence-corrected chi connectivity index (χ4v) is 3.44.